The Morgan fingerprint density at radius 1 is 1.09 bits per heavy atom. The molecule has 23 heavy (non-hydrogen) atoms. The van der Waals surface area contributed by atoms with Gasteiger partial charge in [0.25, 0.3) is 0 Å². The Balaban J connectivity index is 0.00000264. The molecular weight excluding hydrogens is 308 g/mol. The van der Waals surface area contributed by atoms with E-state index in [1.54, 1.807) is 7.11 Å². The van der Waals surface area contributed by atoms with Gasteiger partial charge in [-0.25, -0.2) is 0 Å². The molecule has 0 aromatic heterocycles. The van der Waals surface area contributed by atoms with Crippen LogP contribution in [0.5, 0.6) is 5.75 Å². The van der Waals surface area contributed by atoms with Gasteiger partial charge in [-0.3, -0.25) is 4.90 Å². The third-order valence-electron chi connectivity index (χ3n) is 4.06. The Kier molecular flexibility index (Phi) is 7.93. The van der Waals surface area contributed by atoms with Crippen molar-refractivity contribution in [3.63, 3.8) is 0 Å². The highest BCUT2D eigenvalue weighted by molar-refractivity contribution is 5.85. The molecule has 0 amide bonds. The lowest BCUT2D eigenvalue weighted by atomic mass is 10.0. The molecule has 0 aliphatic carbocycles. The Morgan fingerprint density at radius 3 is 2.35 bits per heavy atom. The van der Waals surface area contributed by atoms with Crippen LogP contribution in [0.3, 0.4) is 0 Å². The molecule has 126 valence electrons. The van der Waals surface area contributed by atoms with E-state index in [4.69, 9.17) is 10.5 Å². The van der Waals surface area contributed by atoms with Gasteiger partial charge in [0.2, 0.25) is 0 Å². The van der Waals surface area contributed by atoms with Gasteiger partial charge in [-0.15, -0.1) is 12.4 Å². The Hall–Kier alpha value is -1.71. The summed E-state index contributed by atoms with van der Waals surface area (Å²) >= 11 is 0. The number of rotatable bonds is 7. The molecular formula is C19H27ClN2O. The van der Waals surface area contributed by atoms with Crippen LogP contribution in [-0.2, 0) is 13.0 Å². The van der Waals surface area contributed by atoms with E-state index in [0.29, 0.717) is 6.04 Å². The Morgan fingerprint density at radius 2 is 1.78 bits per heavy atom. The number of hydrogen-bond donors (Lipinski definition) is 1. The summed E-state index contributed by atoms with van der Waals surface area (Å²) in [5.41, 5.74) is 9.30. The molecule has 3 nitrogen and oxygen atoms in total. The maximum atomic E-state index is 5.87. The number of hydrogen-bond acceptors (Lipinski definition) is 3. The Labute approximate surface area is 145 Å². The van der Waals surface area contributed by atoms with Crippen molar-refractivity contribution in [3.05, 3.63) is 59.7 Å². The van der Waals surface area contributed by atoms with Crippen LogP contribution in [0.25, 0.3) is 0 Å². The molecule has 0 aliphatic heterocycles. The van der Waals surface area contributed by atoms with Crippen LogP contribution in [0.4, 0.5) is 5.69 Å². The maximum Gasteiger partial charge on any atom is 0.118 e. The molecule has 1 unspecified atom stereocenters. The number of nitrogens with two attached hydrogens (primary N) is 1. The van der Waals surface area contributed by atoms with Gasteiger partial charge in [0, 0.05) is 18.3 Å². The zero-order valence-electron chi connectivity index (χ0n) is 14.2. The lowest BCUT2D eigenvalue weighted by Gasteiger charge is -2.28. The van der Waals surface area contributed by atoms with Gasteiger partial charge in [-0.05, 0) is 55.3 Å². The third-order valence-corrected chi connectivity index (χ3v) is 4.06. The minimum atomic E-state index is 0. The van der Waals surface area contributed by atoms with Crippen LogP contribution >= 0.6 is 12.4 Å². The van der Waals surface area contributed by atoms with Crippen molar-refractivity contribution in [1.82, 2.24) is 4.90 Å². The smallest absolute Gasteiger partial charge is 0.118 e. The molecule has 0 spiro atoms. The van der Waals surface area contributed by atoms with E-state index in [1.165, 1.54) is 11.1 Å². The molecule has 0 heterocycles. The first-order chi connectivity index (χ1) is 10.6. The highest BCUT2D eigenvalue weighted by Crippen LogP contribution is 2.17. The summed E-state index contributed by atoms with van der Waals surface area (Å²) in [5, 5.41) is 0. The fraction of sp³-hybridized carbons (Fsp3) is 0.368. The van der Waals surface area contributed by atoms with Gasteiger partial charge in [0.15, 0.2) is 0 Å². The van der Waals surface area contributed by atoms with E-state index < -0.39 is 0 Å². The van der Waals surface area contributed by atoms with Crippen LogP contribution < -0.4 is 10.5 Å². The second kappa shape index (κ2) is 9.43. The molecule has 0 fully saturated rings. The standard InChI is InChI=1S/C19H26N2O.ClH/c1-4-21(14-17-6-5-7-18(20)13-17)15(2)12-16-8-10-19(22-3)11-9-16;/h5-11,13,15H,4,12,14,20H2,1-3H3;1H. The predicted molar refractivity (Wildman–Crippen MR) is 100 cm³/mol. The molecule has 0 saturated heterocycles. The van der Waals surface area contributed by atoms with Crippen molar-refractivity contribution >= 4 is 18.1 Å². The second-order valence-corrected chi connectivity index (χ2v) is 5.71. The van der Waals surface area contributed by atoms with E-state index in [1.807, 2.05) is 24.3 Å². The average molecular weight is 335 g/mol. The lowest BCUT2D eigenvalue weighted by molar-refractivity contribution is 0.209. The van der Waals surface area contributed by atoms with Crippen LogP contribution in [-0.4, -0.2) is 24.6 Å². The van der Waals surface area contributed by atoms with Crippen LogP contribution in [0.15, 0.2) is 48.5 Å². The number of likely N-dealkylation sites (N-methyl/N-ethyl adjacent to an activating group) is 1. The minimum absolute atomic E-state index is 0. The molecule has 4 heteroatoms. The number of ether oxygens (including phenoxy) is 1. The molecule has 1 atom stereocenters. The van der Waals surface area contributed by atoms with Crippen molar-refractivity contribution in [3.8, 4) is 5.75 Å². The van der Waals surface area contributed by atoms with Crippen LogP contribution in [0, 0.1) is 0 Å². The summed E-state index contributed by atoms with van der Waals surface area (Å²) in [7, 11) is 1.70. The summed E-state index contributed by atoms with van der Waals surface area (Å²) < 4.78 is 5.21. The SMILES string of the molecule is CCN(Cc1cccc(N)c1)C(C)Cc1ccc(OC)cc1.Cl. The first-order valence-corrected chi connectivity index (χ1v) is 7.83. The molecule has 2 N–H and O–H groups in total. The fourth-order valence-electron chi connectivity index (χ4n) is 2.74. The van der Waals surface area contributed by atoms with Gasteiger partial charge in [0.05, 0.1) is 7.11 Å². The van der Waals surface area contributed by atoms with Crippen molar-refractivity contribution in [2.24, 2.45) is 0 Å². The van der Waals surface area contributed by atoms with Gasteiger partial charge < -0.3 is 10.5 Å². The lowest BCUT2D eigenvalue weighted by Crippen LogP contribution is -2.34. The van der Waals surface area contributed by atoms with E-state index in [0.717, 1.165) is 30.9 Å². The highest BCUT2D eigenvalue weighted by atomic mass is 35.5. The predicted octanol–water partition coefficient (Wildman–Crippen LogP) is 4.15. The van der Waals surface area contributed by atoms with Crippen molar-refractivity contribution in [1.29, 1.82) is 0 Å². The van der Waals surface area contributed by atoms with Gasteiger partial charge in [-0.1, -0.05) is 31.2 Å². The molecule has 0 radical (unpaired) electrons. The van der Waals surface area contributed by atoms with E-state index in [9.17, 15) is 0 Å². The largest absolute Gasteiger partial charge is 0.497 e. The zero-order valence-corrected chi connectivity index (χ0v) is 15.0. The summed E-state index contributed by atoms with van der Waals surface area (Å²) in [6.07, 6.45) is 1.03. The van der Waals surface area contributed by atoms with Crippen molar-refractivity contribution < 1.29 is 4.74 Å². The number of halogens is 1. The summed E-state index contributed by atoms with van der Waals surface area (Å²) in [4.78, 5) is 2.47. The quantitative estimate of drug-likeness (QED) is 0.773. The van der Waals surface area contributed by atoms with Gasteiger partial charge >= 0.3 is 0 Å². The molecule has 2 aromatic carbocycles. The monoisotopic (exact) mass is 334 g/mol. The second-order valence-electron chi connectivity index (χ2n) is 5.71. The van der Waals surface area contributed by atoms with Crippen molar-refractivity contribution in [2.45, 2.75) is 32.9 Å². The Bertz CT molecular complexity index is 586. The van der Waals surface area contributed by atoms with Crippen molar-refractivity contribution in [2.75, 3.05) is 19.4 Å². The van der Waals surface area contributed by atoms with Gasteiger partial charge in [0.1, 0.15) is 5.75 Å². The van der Waals surface area contributed by atoms with E-state index >= 15 is 0 Å². The number of nitrogens with zero attached hydrogens (tertiary/aromatic N) is 1. The topological polar surface area (TPSA) is 38.5 Å². The highest BCUT2D eigenvalue weighted by Gasteiger charge is 2.13. The fourth-order valence-corrected chi connectivity index (χ4v) is 2.74. The average Bonchev–Trinajstić information content (AvgIpc) is 2.53. The normalized spacial score (nSPS) is 11.8. The van der Waals surface area contributed by atoms with Crippen LogP contribution in [0.2, 0.25) is 0 Å². The summed E-state index contributed by atoms with van der Waals surface area (Å²) in [6, 6.07) is 17.0. The molecule has 0 saturated carbocycles. The van der Waals surface area contributed by atoms with E-state index in [2.05, 4.69) is 43.0 Å². The number of methoxy groups -OCH3 is 1. The molecule has 0 aliphatic rings. The van der Waals surface area contributed by atoms with Crippen LogP contribution in [0.1, 0.15) is 25.0 Å². The molecule has 2 rings (SSSR count). The summed E-state index contributed by atoms with van der Waals surface area (Å²) in [5.74, 6) is 0.906. The number of anilines is 1. The number of benzene rings is 2. The number of nitrogen functional groups attached to an aromatic ring is 1. The first-order valence-electron chi connectivity index (χ1n) is 7.83. The molecule has 2 aromatic rings. The minimum Gasteiger partial charge on any atom is -0.497 e. The van der Waals surface area contributed by atoms with Gasteiger partial charge in [-0.2, -0.15) is 0 Å². The zero-order chi connectivity index (χ0) is 15.9. The third kappa shape index (κ3) is 5.77. The maximum absolute atomic E-state index is 5.87. The van der Waals surface area contributed by atoms with E-state index in [-0.39, 0.29) is 12.4 Å². The summed E-state index contributed by atoms with van der Waals surface area (Å²) in [6.45, 7) is 6.43. The molecule has 0 bridgehead atoms. The first kappa shape index (κ1) is 19.3.